The third-order valence-corrected chi connectivity index (χ3v) is 3.38. The molecule has 106 valence electrons. The van der Waals surface area contributed by atoms with Crippen molar-refractivity contribution < 1.29 is 13.2 Å². The lowest BCUT2D eigenvalue weighted by atomic mass is 9.97. The van der Waals surface area contributed by atoms with Crippen LogP contribution in [0.1, 0.15) is 22.7 Å². The second-order valence-electron chi connectivity index (χ2n) is 4.79. The molecule has 0 aliphatic carbocycles. The number of halogens is 3. The van der Waals surface area contributed by atoms with Crippen LogP contribution in [0.25, 0.3) is 0 Å². The van der Waals surface area contributed by atoms with Gasteiger partial charge < -0.3 is 5.32 Å². The Balaban J connectivity index is 2.28. The molecular formula is C16H16F3N. The average molecular weight is 279 g/mol. The summed E-state index contributed by atoms with van der Waals surface area (Å²) in [6.07, 6.45) is 0.253. The molecule has 0 amide bonds. The van der Waals surface area contributed by atoms with Crippen molar-refractivity contribution in [1.82, 2.24) is 5.32 Å². The molecule has 20 heavy (non-hydrogen) atoms. The predicted octanol–water partition coefficient (Wildman–Crippen LogP) is 3.92. The summed E-state index contributed by atoms with van der Waals surface area (Å²) in [5.41, 5.74) is 1.53. The van der Waals surface area contributed by atoms with Gasteiger partial charge in [0.1, 0.15) is 17.5 Å². The van der Waals surface area contributed by atoms with Crippen molar-refractivity contribution in [2.45, 2.75) is 19.4 Å². The highest BCUT2D eigenvalue weighted by atomic mass is 19.1. The van der Waals surface area contributed by atoms with Crippen LogP contribution in [0.4, 0.5) is 13.2 Å². The van der Waals surface area contributed by atoms with E-state index in [1.54, 1.807) is 26.1 Å². The Labute approximate surface area is 116 Å². The summed E-state index contributed by atoms with van der Waals surface area (Å²) < 4.78 is 40.4. The molecular weight excluding hydrogens is 263 g/mol. The van der Waals surface area contributed by atoms with Gasteiger partial charge in [-0.25, -0.2) is 13.2 Å². The Hall–Kier alpha value is -1.81. The second-order valence-corrected chi connectivity index (χ2v) is 4.79. The number of hydrogen-bond acceptors (Lipinski definition) is 1. The van der Waals surface area contributed by atoms with Gasteiger partial charge in [0.05, 0.1) is 0 Å². The van der Waals surface area contributed by atoms with E-state index in [0.717, 1.165) is 12.1 Å². The lowest BCUT2D eigenvalue weighted by Crippen LogP contribution is -2.19. The van der Waals surface area contributed by atoms with Gasteiger partial charge >= 0.3 is 0 Å². The van der Waals surface area contributed by atoms with Gasteiger partial charge in [-0.05, 0) is 61.3 Å². The van der Waals surface area contributed by atoms with Crippen molar-refractivity contribution in [1.29, 1.82) is 0 Å². The van der Waals surface area contributed by atoms with Crippen LogP contribution in [0.5, 0.6) is 0 Å². The minimum Gasteiger partial charge on any atom is -0.313 e. The van der Waals surface area contributed by atoms with E-state index in [9.17, 15) is 13.2 Å². The fourth-order valence-electron chi connectivity index (χ4n) is 2.13. The largest absolute Gasteiger partial charge is 0.313 e. The summed E-state index contributed by atoms with van der Waals surface area (Å²) >= 11 is 0. The van der Waals surface area contributed by atoms with Crippen molar-refractivity contribution in [2.75, 3.05) is 7.05 Å². The smallest absolute Gasteiger partial charge is 0.126 e. The maximum atomic E-state index is 13.7. The topological polar surface area (TPSA) is 12.0 Å². The molecule has 0 aromatic heterocycles. The number of likely N-dealkylation sites (N-methyl/N-ethyl adjacent to an activating group) is 1. The van der Waals surface area contributed by atoms with Crippen LogP contribution in [-0.2, 0) is 6.42 Å². The molecule has 0 saturated carbocycles. The molecule has 0 spiro atoms. The number of hydrogen-bond donors (Lipinski definition) is 1. The first-order chi connectivity index (χ1) is 9.51. The van der Waals surface area contributed by atoms with E-state index < -0.39 is 11.6 Å². The van der Waals surface area contributed by atoms with Gasteiger partial charge in [0.2, 0.25) is 0 Å². The first kappa shape index (κ1) is 14.6. The van der Waals surface area contributed by atoms with Gasteiger partial charge in [-0.2, -0.15) is 0 Å². The molecule has 0 radical (unpaired) electrons. The van der Waals surface area contributed by atoms with E-state index in [-0.39, 0.29) is 23.8 Å². The summed E-state index contributed by atoms with van der Waals surface area (Å²) in [5.74, 6) is -1.24. The van der Waals surface area contributed by atoms with Crippen LogP contribution in [0.2, 0.25) is 0 Å². The Morgan fingerprint density at radius 3 is 2.40 bits per heavy atom. The minimum absolute atomic E-state index is 0.253. The van der Waals surface area contributed by atoms with Gasteiger partial charge in [-0.3, -0.25) is 0 Å². The molecule has 0 fully saturated rings. The lowest BCUT2D eigenvalue weighted by molar-refractivity contribution is 0.539. The first-order valence-electron chi connectivity index (χ1n) is 6.38. The summed E-state index contributed by atoms with van der Waals surface area (Å²) in [4.78, 5) is 0. The van der Waals surface area contributed by atoms with Crippen molar-refractivity contribution in [3.05, 3.63) is 70.5 Å². The molecule has 0 aliphatic heterocycles. The third-order valence-electron chi connectivity index (χ3n) is 3.38. The molecule has 2 aromatic rings. The molecule has 0 aliphatic rings. The van der Waals surface area contributed by atoms with Crippen molar-refractivity contribution in [3.8, 4) is 0 Å². The summed E-state index contributed by atoms with van der Waals surface area (Å²) in [5, 5.41) is 3.00. The lowest BCUT2D eigenvalue weighted by Gasteiger charge is -2.18. The molecule has 0 bridgehead atoms. The Morgan fingerprint density at radius 1 is 1.00 bits per heavy atom. The van der Waals surface area contributed by atoms with Crippen LogP contribution >= 0.6 is 0 Å². The van der Waals surface area contributed by atoms with Crippen LogP contribution in [0, 0.1) is 24.4 Å². The van der Waals surface area contributed by atoms with Crippen LogP contribution < -0.4 is 5.32 Å². The van der Waals surface area contributed by atoms with E-state index in [0.29, 0.717) is 11.1 Å². The predicted molar refractivity (Wildman–Crippen MR) is 73.0 cm³/mol. The highest BCUT2D eigenvalue weighted by Crippen LogP contribution is 2.22. The molecule has 1 N–H and O–H groups in total. The normalized spacial score (nSPS) is 12.4. The van der Waals surface area contributed by atoms with Gasteiger partial charge in [-0.1, -0.05) is 12.1 Å². The van der Waals surface area contributed by atoms with Gasteiger partial charge in [0.25, 0.3) is 0 Å². The molecule has 1 unspecified atom stereocenters. The highest BCUT2D eigenvalue weighted by Gasteiger charge is 2.14. The SMILES string of the molecule is CNC(Cc1cc(F)ccc1F)c1ccc(C)c(F)c1. The number of nitrogens with one attached hydrogen (secondary N) is 1. The Kier molecular flexibility index (Phi) is 4.45. The van der Waals surface area contributed by atoms with E-state index >= 15 is 0 Å². The zero-order chi connectivity index (χ0) is 14.7. The fourth-order valence-corrected chi connectivity index (χ4v) is 2.13. The fraction of sp³-hybridized carbons (Fsp3) is 0.250. The van der Waals surface area contributed by atoms with Gasteiger partial charge in [0, 0.05) is 6.04 Å². The summed E-state index contributed by atoms with van der Waals surface area (Å²) in [6, 6.07) is 7.97. The highest BCUT2D eigenvalue weighted by molar-refractivity contribution is 5.28. The Bertz CT molecular complexity index is 611. The molecule has 2 aromatic carbocycles. The Morgan fingerprint density at radius 2 is 1.75 bits per heavy atom. The van der Waals surface area contributed by atoms with Crippen LogP contribution in [0.3, 0.4) is 0 Å². The van der Waals surface area contributed by atoms with Crippen molar-refractivity contribution in [3.63, 3.8) is 0 Å². The van der Waals surface area contributed by atoms with Crippen molar-refractivity contribution >= 4 is 0 Å². The molecule has 0 heterocycles. The number of benzene rings is 2. The maximum absolute atomic E-state index is 13.7. The quantitative estimate of drug-likeness (QED) is 0.894. The number of rotatable bonds is 4. The summed E-state index contributed by atoms with van der Waals surface area (Å²) in [7, 11) is 1.71. The van der Waals surface area contributed by atoms with Gasteiger partial charge in [0.15, 0.2) is 0 Å². The maximum Gasteiger partial charge on any atom is 0.126 e. The number of aryl methyl sites for hydroxylation is 1. The molecule has 1 atom stereocenters. The van der Waals surface area contributed by atoms with E-state index in [1.807, 2.05) is 0 Å². The molecule has 1 nitrogen and oxygen atoms in total. The van der Waals surface area contributed by atoms with E-state index in [2.05, 4.69) is 5.32 Å². The van der Waals surface area contributed by atoms with Crippen LogP contribution in [-0.4, -0.2) is 7.05 Å². The second kappa shape index (κ2) is 6.09. The zero-order valence-corrected chi connectivity index (χ0v) is 11.4. The zero-order valence-electron chi connectivity index (χ0n) is 11.4. The summed E-state index contributed by atoms with van der Waals surface area (Å²) in [6.45, 7) is 1.68. The average Bonchev–Trinajstić information content (AvgIpc) is 2.43. The molecule has 0 saturated heterocycles. The molecule has 4 heteroatoms. The van der Waals surface area contributed by atoms with E-state index in [4.69, 9.17) is 0 Å². The molecule has 2 rings (SSSR count). The third kappa shape index (κ3) is 3.20. The minimum atomic E-state index is -0.480. The van der Waals surface area contributed by atoms with E-state index in [1.165, 1.54) is 12.1 Å². The monoisotopic (exact) mass is 279 g/mol. The standard InChI is InChI=1S/C16H16F3N/c1-10-3-4-11(8-15(10)19)16(20-2)9-12-7-13(17)5-6-14(12)18/h3-8,16,20H,9H2,1-2H3. The first-order valence-corrected chi connectivity index (χ1v) is 6.38. The van der Waals surface area contributed by atoms with Crippen molar-refractivity contribution in [2.24, 2.45) is 0 Å². The van der Waals surface area contributed by atoms with Crippen LogP contribution in [0.15, 0.2) is 36.4 Å². The van der Waals surface area contributed by atoms with Gasteiger partial charge in [-0.15, -0.1) is 0 Å².